The number of nitrogens with one attached hydrogen (secondary N) is 1. The van der Waals surface area contributed by atoms with Crippen molar-refractivity contribution < 1.29 is 9.53 Å². The van der Waals surface area contributed by atoms with E-state index in [0.29, 0.717) is 12.0 Å². The Morgan fingerprint density at radius 3 is 2.82 bits per heavy atom. The third-order valence-corrected chi connectivity index (χ3v) is 4.08. The van der Waals surface area contributed by atoms with E-state index >= 15 is 0 Å². The number of carbonyl (C=O) groups is 1. The van der Waals surface area contributed by atoms with Crippen LogP contribution in [0.5, 0.6) is 0 Å². The molecule has 0 bridgehead atoms. The predicted octanol–water partition coefficient (Wildman–Crippen LogP) is 2.00. The Kier molecular flexibility index (Phi) is 4.26. The van der Waals surface area contributed by atoms with E-state index in [-0.39, 0.29) is 6.09 Å². The molecular weight excluding hydrogens is 216 g/mol. The summed E-state index contributed by atoms with van der Waals surface area (Å²) in [6, 6.07) is 0. The van der Waals surface area contributed by atoms with Gasteiger partial charge in [-0.3, -0.25) is 0 Å². The molecule has 4 heteroatoms. The van der Waals surface area contributed by atoms with Crippen LogP contribution in [0, 0.1) is 5.41 Å². The van der Waals surface area contributed by atoms with Crippen molar-refractivity contribution in [2.24, 2.45) is 5.41 Å². The second-order valence-electron chi connectivity index (χ2n) is 5.39. The van der Waals surface area contributed by atoms with E-state index in [2.05, 4.69) is 12.2 Å². The minimum absolute atomic E-state index is 0.103. The van der Waals surface area contributed by atoms with Crippen LogP contribution in [0.2, 0.25) is 0 Å². The zero-order chi connectivity index (χ0) is 12.1. The van der Waals surface area contributed by atoms with E-state index in [9.17, 15) is 4.79 Å². The van der Waals surface area contributed by atoms with Crippen molar-refractivity contribution in [2.75, 3.05) is 32.8 Å². The number of amides is 1. The average Bonchev–Trinajstić information content (AvgIpc) is 2.74. The Hall–Kier alpha value is -0.770. The zero-order valence-electron chi connectivity index (χ0n) is 10.8. The second-order valence-corrected chi connectivity index (χ2v) is 5.39. The molecule has 0 aromatic rings. The Labute approximate surface area is 104 Å². The topological polar surface area (TPSA) is 41.6 Å². The Bertz CT molecular complexity index is 262. The Morgan fingerprint density at radius 2 is 2.12 bits per heavy atom. The van der Waals surface area contributed by atoms with Crippen molar-refractivity contribution in [3.8, 4) is 0 Å². The van der Waals surface area contributed by atoms with Gasteiger partial charge in [0.1, 0.15) is 0 Å². The van der Waals surface area contributed by atoms with Crippen LogP contribution in [0.3, 0.4) is 0 Å². The van der Waals surface area contributed by atoms with Crippen molar-refractivity contribution in [3.63, 3.8) is 0 Å². The van der Waals surface area contributed by atoms with E-state index in [1.165, 1.54) is 12.8 Å². The fourth-order valence-electron chi connectivity index (χ4n) is 2.85. The van der Waals surface area contributed by atoms with Gasteiger partial charge in [0.15, 0.2) is 0 Å². The van der Waals surface area contributed by atoms with Crippen molar-refractivity contribution in [1.82, 2.24) is 10.2 Å². The summed E-state index contributed by atoms with van der Waals surface area (Å²) in [5, 5.41) is 3.39. The molecule has 98 valence electrons. The first kappa shape index (κ1) is 12.7. The Balaban J connectivity index is 1.78. The van der Waals surface area contributed by atoms with Gasteiger partial charge in [0.25, 0.3) is 0 Å². The predicted molar refractivity (Wildman–Crippen MR) is 67.0 cm³/mol. The van der Waals surface area contributed by atoms with Gasteiger partial charge in [-0.05, 0) is 44.2 Å². The van der Waals surface area contributed by atoms with Crippen LogP contribution in [0.15, 0.2) is 0 Å². The van der Waals surface area contributed by atoms with Gasteiger partial charge in [-0.2, -0.15) is 0 Å². The summed E-state index contributed by atoms with van der Waals surface area (Å²) in [5.74, 6) is 0. The molecule has 1 N–H and O–H groups in total. The standard InChI is InChI=1S/C13H24N2O2/c1-2-3-10-17-12(16)15-9-6-13(11-15)4-7-14-8-5-13/h14H,2-11H2,1H3. The summed E-state index contributed by atoms with van der Waals surface area (Å²) < 4.78 is 5.27. The van der Waals surface area contributed by atoms with Gasteiger partial charge in [-0.1, -0.05) is 13.3 Å². The summed E-state index contributed by atoms with van der Waals surface area (Å²) in [4.78, 5) is 13.7. The third kappa shape index (κ3) is 3.12. The van der Waals surface area contributed by atoms with Crippen LogP contribution in [0.4, 0.5) is 4.79 Å². The highest BCUT2D eigenvalue weighted by Crippen LogP contribution is 2.38. The molecule has 2 heterocycles. The lowest BCUT2D eigenvalue weighted by Gasteiger charge is -2.33. The minimum atomic E-state index is -0.103. The van der Waals surface area contributed by atoms with Gasteiger partial charge in [0.05, 0.1) is 6.61 Å². The smallest absolute Gasteiger partial charge is 0.409 e. The summed E-state index contributed by atoms with van der Waals surface area (Å²) >= 11 is 0. The first-order valence-corrected chi connectivity index (χ1v) is 6.88. The van der Waals surface area contributed by atoms with Crippen LogP contribution < -0.4 is 5.32 Å². The fraction of sp³-hybridized carbons (Fsp3) is 0.923. The lowest BCUT2D eigenvalue weighted by molar-refractivity contribution is 0.101. The van der Waals surface area contributed by atoms with Gasteiger partial charge in [-0.15, -0.1) is 0 Å². The molecule has 0 aromatic carbocycles. The molecule has 0 aromatic heterocycles. The molecule has 0 radical (unpaired) electrons. The largest absolute Gasteiger partial charge is 0.449 e. The number of piperidine rings is 1. The summed E-state index contributed by atoms with van der Waals surface area (Å²) in [6.07, 6.45) is 5.49. The molecular formula is C13H24N2O2. The van der Waals surface area contributed by atoms with E-state index in [4.69, 9.17) is 4.74 Å². The van der Waals surface area contributed by atoms with Crippen LogP contribution in [-0.4, -0.2) is 43.8 Å². The Morgan fingerprint density at radius 1 is 1.35 bits per heavy atom. The number of ether oxygens (including phenoxy) is 1. The van der Waals surface area contributed by atoms with E-state index < -0.39 is 0 Å². The SMILES string of the molecule is CCCCOC(=O)N1CCC2(CCNCC2)C1. The van der Waals surface area contributed by atoms with Gasteiger partial charge in [0, 0.05) is 13.1 Å². The van der Waals surface area contributed by atoms with Crippen LogP contribution in [0.1, 0.15) is 39.0 Å². The number of hydrogen-bond donors (Lipinski definition) is 1. The van der Waals surface area contributed by atoms with Gasteiger partial charge >= 0.3 is 6.09 Å². The third-order valence-electron chi connectivity index (χ3n) is 4.08. The number of rotatable bonds is 3. The summed E-state index contributed by atoms with van der Waals surface area (Å²) in [5.41, 5.74) is 0.384. The number of hydrogen-bond acceptors (Lipinski definition) is 3. The van der Waals surface area contributed by atoms with Crippen molar-refractivity contribution in [3.05, 3.63) is 0 Å². The van der Waals surface area contributed by atoms with Crippen molar-refractivity contribution >= 4 is 6.09 Å². The first-order chi connectivity index (χ1) is 8.26. The maximum absolute atomic E-state index is 11.8. The molecule has 2 rings (SSSR count). The molecule has 2 aliphatic heterocycles. The fourth-order valence-corrected chi connectivity index (χ4v) is 2.85. The molecule has 4 nitrogen and oxygen atoms in total. The number of likely N-dealkylation sites (tertiary alicyclic amines) is 1. The molecule has 1 amide bonds. The quantitative estimate of drug-likeness (QED) is 0.767. The molecule has 0 unspecified atom stereocenters. The molecule has 0 atom stereocenters. The van der Waals surface area contributed by atoms with Crippen LogP contribution in [-0.2, 0) is 4.74 Å². The second kappa shape index (κ2) is 5.71. The monoisotopic (exact) mass is 240 g/mol. The number of unbranched alkanes of at least 4 members (excludes halogenated alkanes) is 1. The van der Waals surface area contributed by atoms with E-state index in [0.717, 1.165) is 45.4 Å². The molecule has 0 saturated carbocycles. The average molecular weight is 240 g/mol. The first-order valence-electron chi connectivity index (χ1n) is 6.88. The van der Waals surface area contributed by atoms with Gasteiger partial charge in [-0.25, -0.2) is 4.79 Å². The minimum Gasteiger partial charge on any atom is -0.449 e. The van der Waals surface area contributed by atoms with Gasteiger partial charge in [0.2, 0.25) is 0 Å². The highest BCUT2D eigenvalue weighted by atomic mass is 16.6. The van der Waals surface area contributed by atoms with Crippen LogP contribution >= 0.6 is 0 Å². The number of carbonyl (C=O) groups excluding carboxylic acids is 1. The molecule has 0 aliphatic carbocycles. The lowest BCUT2D eigenvalue weighted by Crippen LogP contribution is -2.39. The summed E-state index contributed by atoms with van der Waals surface area (Å²) in [6.45, 7) is 6.65. The highest BCUT2D eigenvalue weighted by Gasteiger charge is 2.40. The van der Waals surface area contributed by atoms with Crippen LogP contribution in [0.25, 0.3) is 0 Å². The van der Waals surface area contributed by atoms with Gasteiger partial charge < -0.3 is 15.0 Å². The zero-order valence-corrected chi connectivity index (χ0v) is 10.8. The summed E-state index contributed by atoms with van der Waals surface area (Å²) in [7, 11) is 0. The molecule has 1 spiro atoms. The van der Waals surface area contributed by atoms with E-state index in [1.807, 2.05) is 4.90 Å². The molecule has 2 fully saturated rings. The molecule has 2 saturated heterocycles. The maximum Gasteiger partial charge on any atom is 0.409 e. The maximum atomic E-state index is 11.8. The molecule has 17 heavy (non-hydrogen) atoms. The van der Waals surface area contributed by atoms with E-state index in [1.54, 1.807) is 0 Å². The highest BCUT2D eigenvalue weighted by molar-refractivity contribution is 5.68. The lowest BCUT2D eigenvalue weighted by atomic mass is 9.78. The van der Waals surface area contributed by atoms with Crippen molar-refractivity contribution in [2.45, 2.75) is 39.0 Å². The normalized spacial score (nSPS) is 23.0. The van der Waals surface area contributed by atoms with Crippen molar-refractivity contribution in [1.29, 1.82) is 0 Å². The molecule has 2 aliphatic rings. The number of nitrogens with zero attached hydrogens (tertiary/aromatic N) is 1.